The smallest absolute Gasteiger partial charge is 0.416 e. The van der Waals surface area contributed by atoms with Gasteiger partial charge in [-0.2, -0.15) is 18.3 Å². The van der Waals surface area contributed by atoms with Crippen molar-refractivity contribution in [2.75, 3.05) is 5.32 Å². The summed E-state index contributed by atoms with van der Waals surface area (Å²) >= 11 is 0. The molecule has 1 aliphatic carbocycles. The fourth-order valence-corrected chi connectivity index (χ4v) is 4.03. The minimum absolute atomic E-state index is 0.00180. The van der Waals surface area contributed by atoms with E-state index in [1.807, 2.05) is 35.9 Å². The van der Waals surface area contributed by atoms with Crippen LogP contribution >= 0.6 is 0 Å². The van der Waals surface area contributed by atoms with Gasteiger partial charge in [-0.3, -0.25) is 9.48 Å². The summed E-state index contributed by atoms with van der Waals surface area (Å²) in [4.78, 5) is 11.4. The summed E-state index contributed by atoms with van der Waals surface area (Å²) in [5, 5.41) is 17.3. The summed E-state index contributed by atoms with van der Waals surface area (Å²) in [6.07, 6.45) is -1.49. The molecule has 0 aliphatic heterocycles. The molecule has 3 aromatic rings. The zero-order valence-corrected chi connectivity index (χ0v) is 18.3. The molecule has 0 saturated heterocycles. The number of aliphatic carboxylic acids is 1. The Hall–Kier alpha value is -3.29. The van der Waals surface area contributed by atoms with Gasteiger partial charge < -0.3 is 10.4 Å². The average Bonchev–Trinajstić information content (AvgIpc) is 3.56. The first-order valence-electron chi connectivity index (χ1n) is 11.0. The summed E-state index contributed by atoms with van der Waals surface area (Å²) < 4.78 is 40.0. The Morgan fingerprint density at radius 1 is 1.09 bits per heavy atom. The highest BCUT2D eigenvalue weighted by molar-refractivity contribution is 5.71. The molecule has 0 atom stereocenters. The number of hydrogen-bond donors (Lipinski definition) is 2. The molecule has 2 aromatic carbocycles. The lowest BCUT2D eigenvalue weighted by Crippen LogP contribution is -2.08. The number of carboxylic acids is 1. The van der Waals surface area contributed by atoms with E-state index in [4.69, 9.17) is 5.10 Å². The summed E-state index contributed by atoms with van der Waals surface area (Å²) in [5.74, 6) is -0.461. The number of aromatic nitrogens is 2. The van der Waals surface area contributed by atoms with E-state index in [0.717, 1.165) is 65.2 Å². The number of hydrogen-bond acceptors (Lipinski definition) is 3. The number of carbonyl (C=O) groups is 1. The molecule has 1 fully saturated rings. The van der Waals surface area contributed by atoms with Crippen molar-refractivity contribution in [1.29, 1.82) is 0 Å². The van der Waals surface area contributed by atoms with Crippen molar-refractivity contribution >= 4 is 11.7 Å². The van der Waals surface area contributed by atoms with Crippen molar-refractivity contribution in [3.8, 4) is 0 Å². The molecule has 4 rings (SSSR count). The topological polar surface area (TPSA) is 67.1 Å². The molecule has 1 aliphatic rings. The second-order valence-corrected chi connectivity index (χ2v) is 8.41. The molecule has 1 aromatic heterocycles. The third-order valence-electron chi connectivity index (χ3n) is 5.89. The highest BCUT2D eigenvalue weighted by atomic mass is 19.4. The van der Waals surface area contributed by atoms with Crippen LogP contribution in [0.1, 0.15) is 59.3 Å². The van der Waals surface area contributed by atoms with Crippen LogP contribution in [0.15, 0.2) is 48.5 Å². The normalized spacial score (nSPS) is 13.8. The van der Waals surface area contributed by atoms with E-state index >= 15 is 0 Å². The van der Waals surface area contributed by atoms with Crippen LogP contribution in [0.4, 0.5) is 18.9 Å². The number of alkyl halides is 3. The van der Waals surface area contributed by atoms with Crippen molar-refractivity contribution in [3.63, 3.8) is 0 Å². The highest BCUT2D eigenvalue weighted by Crippen LogP contribution is 2.42. The molecular weight excluding hydrogens is 431 g/mol. The minimum Gasteiger partial charge on any atom is -0.481 e. The van der Waals surface area contributed by atoms with Gasteiger partial charge in [-0.25, -0.2) is 0 Å². The Morgan fingerprint density at radius 2 is 1.73 bits per heavy atom. The van der Waals surface area contributed by atoms with E-state index in [0.29, 0.717) is 19.0 Å². The molecule has 174 valence electrons. The van der Waals surface area contributed by atoms with Gasteiger partial charge in [0.15, 0.2) is 0 Å². The second kappa shape index (κ2) is 9.29. The third-order valence-corrected chi connectivity index (χ3v) is 5.89. The van der Waals surface area contributed by atoms with Gasteiger partial charge >= 0.3 is 12.1 Å². The van der Waals surface area contributed by atoms with E-state index < -0.39 is 17.7 Å². The molecule has 33 heavy (non-hydrogen) atoms. The molecule has 0 spiro atoms. The quantitative estimate of drug-likeness (QED) is 0.437. The fourth-order valence-electron chi connectivity index (χ4n) is 4.03. The van der Waals surface area contributed by atoms with Crippen LogP contribution in [0.25, 0.3) is 0 Å². The van der Waals surface area contributed by atoms with Gasteiger partial charge in [0.25, 0.3) is 0 Å². The largest absolute Gasteiger partial charge is 0.481 e. The van der Waals surface area contributed by atoms with Gasteiger partial charge in [0.2, 0.25) is 0 Å². The van der Waals surface area contributed by atoms with E-state index in [1.54, 1.807) is 0 Å². The molecule has 1 saturated carbocycles. The summed E-state index contributed by atoms with van der Waals surface area (Å²) in [6.45, 7) is 2.99. The Kier molecular flexibility index (Phi) is 6.44. The molecule has 1 heterocycles. The van der Waals surface area contributed by atoms with Crippen LogP contribution in [0.2, 0.25) is 0 Å². The lowest BCUT2D eigenvalue weighted by molar-refractivity contribution is -0.138. The van der Waals surface area contributed by atoms with Crippen LogP contribution in [0, 0.1) is 0 Å². The predicted molar refractivity (Wildman–Crippen MR) is 119 cm³/mol. The number of nitrogens with one attached hydrogen (secondary N) is 1. The van der Waals surface area contributed by atoms with Crippen molar-refractivity contribution in [3.05, 3.63) is 82.2 Å². The third kappa shape index (κ3) is 5.56. The van der Waals surface area contributed by atoms with Gasteiger partial charge in [-0.1, -0.05) is 31.2 Å². The SMILES string of the molecule is CCc1c(CC(=O)O)c(C2CC2)nn1Cc1ccc(NCc2ccc(C(F)(F)F)cc2)cc1. The Bertz CT molecular complexity index is 1120. The number of rotatable bonds is 9. The molecular formula is C25H26F3N3O2. The van der Waals surface area contributed by atoms with Crippen LogP contribution in [0.5, 0.6) is 0 Å². The average molecular weight is 457 g/mol. The maximum atomic E-state index is 12.7. The first kappa shape index (κ1) is 22.9. The van der Waals surface area contributed by atoms with Crippen molar-refractivity contribution in [2.24, 2.45) is 0 Å². The summed E-state index contributed by atoms with van der Waals surface area (Å²) in [7, 11) is 0. The number of carboxylic acid groups (broad SMARTS) is 1. The zero-order chi connectivity index (χ0) is 23.6. The lowest BCUT2D eigenvalue weighted by atomic mass is 10.0. The standard InChI is InChI=1S/C25H26F3N3O2/c1-2-22-21(13-23(32)33)24(18-7-8-18)30-31(22)15-17-5-11-20(12-6-17)29-14-16-3-9-19(10-4-16)25(26,27)28/h3-6,9-12,18,29H,2,7-8,13-15H2,1H3,(H,32,33). The monoisotopic (exact) mass is 457 g/mol. The summed E-state index contributed by atoms with van der Waals surface area (Å²) in [5.41, 5.74) is 4.78. The van der Waals surface area contributed by atoms with Crippen LogP contribution < -0.4 is 5.32 Å². The fraction of sp³-hybridized carbons (Fsp3) is 0.360. The lowest BCUT2D eigenvalue weighted by Gasteiger charge is -2.11. The number of nitrogens with zero attached hydrogens (tertiary/aromatic N) is 2. The van der Waals surface area contributed by atoms with Crippen molar-refractivity contribution in [2.45, 2.75) is 57.8 Å². The molecule has 0 bridgehead atoms. The number of benzene rings is 2. The van der Waals surface area contributed by atoms with Gasteiger partial charge in [0, 0.05) is 29.4 Å². The summed E-state index contributed by atoms with van der Waals surface area (Å²) in [6, 6.07) is 12.9. The molecule has 2 N–H and O–H groups in total. The maximum absolute atomic E-state index is 12.7. The Morgan fingerprint density at radius 3 is 2.27 bits per heavy atom. The molecule has 0 radical (unpaired) electrons. The second-order valence-electron chi connectivity index (χ2n) is 8.41. The van der Waals surface area contributed by atoms with Crippen LogP contribution in [-0.2, 0) is 36.9 Å². The van der Waals surface area contributed by atoms with Crippen molar-refractivity contribution < 1.29 is 23.1 Å². The van der Waals surface area contributed by atoms with E-state index in [-0.39, 0.29) is 6.42 Å². The Labute approximate surface area is 190 Å². The Balaban J connectivity index is 1.42. The molecule has 0 amide bonds. The molecule has 5 nitrogen and oxygen atoms in total. The minimum atomic E-state index is -4.33. The molecule has 0 unspecified atom stereocenters. The van der Waals surface area contributed by atoms with Gasteiger partial charge in [0.05, 0.1) is 24.2 Å². The van der Waals surface area contributed by atoms with Crippen LogP contribution in [0.3, 0.4) is 0 Å². The molecule has 8 heteroatoms. The van der Waals surface area contributed by atoms with Gasteiger partial charge in [-0.15, -0.1) is 0 Å². The van der Waals surface area contributed by atoms with E-state index in [2.05, 4.69) is 5.32 Å². The van der Waals surface area contributed by atoms with Crippen molar-refractivity contribution in [1.82, 2.24) is 9.78 Å². The number of halogens is 3. The highest BCUT2D eigenvalue weighted by Gasteiger charge is 2.32. The van der Waals surface area contributed by atoms with Crippen LogP contribution in [-0.4, -0.2) is 20.9 Å². The van der Waals surface area contributed by atoms with E-state index in [9.17, 15) is 23.1 Å². The van der Waals surface area contributed by atoms with Gasteiger partial charge in [-0.05, 0) is 54.7 Å². The number of anilines is 1. The van der Waals surface area contributed by atoms with E-state index in [1.165, 1.54) is 12.1 Å². The van der Waals surface area contributed by atoms with Gasteiger partial charge in [0.1, 0.15) is 0 Å². The zero-order valence-electron chi connectivity index (χ0n) is 18.3. The first-order chi connectivity index (χ1) is 15.7. The predicted octanol–water partition coefficient (Wildman–Crippen LogP) is 5.63. The first-order valence-corrected chi connectivity index (χ1v) is 11.0. The maximum Gasteiger partial charge on any atom is 0.416 e.